The number of hydrogen-bond acceptors (Lipinski definition) is 3. The maximum absolute atomic E-state index is 12.5. The van der Waals surface area contributed by atoms with Crippen molar-refractivity contribution in [1.82, 2.24) is 5.32 Å². The molecular weight excluding hydrogens is 276 g/mol. The van der Waals surface area contributed by atoms with Crippen LogP contribution >= 0.6 is 0 Å². The molecule has 2 fully saturated rings. The van der Waals surface area contributed by atoms with Crippen molar-refractivity contribution in [2.75, 3.05) is 18.0 Å². The molecule has 1 saturated heterocycles. The fourth-order valence-electron chi connectivity index (χ4n) is 4.30. The minimum absolute atomic E-state index is 0.0166. The van der Waals surface area contributed by atoms with E-state index in [1.165, 1.54) is 0 Å². The second-order valence-electron chi connectivity index (χ2n) is 8.00. The Morgan fingerprint density at radius 3 is 2.09 bits per heavy atom. The fraction of sp³-hybridized carbons (Fsp3) is 0.556. The predicted molar refractivity (Wildman–Crippen MR) is 87.1 cm³/mol. The third kappa shape index (κ3) is 2.51. The monoisotopic (exact) mass is 300 g/mol. The van der Waals surface area contributed by atoms with Gasteiger partial charge in [-0.1, -0.05) is 27.7 Å². The summed E-state index contributed by atoms with van der Waals surface area (Å²) in [6.45, 7) is 9.77. The Hall–Kier alpha value is -1.84. The molecule has 0 aromatic heterocycles. The van der Waals surface area contributed by atoms with Gasteiger partial charge in [0.25, 0.3) is 5.91 Å². The lowest BCUT2D eigenvalue weighted by molar-refractivity contribution is -0.119. The molecule has 1 aliphatic carbocycles. The van der Waals surface area contributed by atoms with Gasteiger partial charge >= 0.3 is 0 Å². The Bertz CT molecular complexity index is 594. The first-order chi connectivity index (χ1) is 10.2. The van der Waals surface area contributed by atoms with Crippen molar-refractivity contribution in [2.45, 2.75) is 40.2 Å². The van der Waals surface area contributed by atoms with Gasteiger partial charge in [0.15, 0.2) is 5.78 Å². The Morgan fingerprint density at radius 1 is 1.09 bits per heavy atom. The number of rotatable bonds is 3. The van der Waals surface area contributed by atoms with Crippen LogP contribution in [0, 0.1) is 10.8 Å². The van der Waals surface area contributed by atoms with Gasteiger partial charge in [-0.05, 0) is 41.5 Å². The van der Waals surface area contributed by atoms with E-state index >= 15 is 0 Å². The zero-order valence-electron chi connectivity index (χ0n) is 13.8. The molecular formula is C18H24N2O2. The Labute approximate surface area is 131 Å². The van der Waals surface area contributed by atoms with Crippen LogP contribution in [0.1, 0.15) is 44.5 Å². The SMILES string of the molecule is CC1(C)CC(C)(C)C1NC(=O)c1ccc(N2CC(=O)C2)cc1. The van der Waals surface area contributed by atoms with E-state index in [4.69, 9.17) is 0 Å². The Balaban J connectivity index is 1.66. The minimum atomic E-state index is -0.0166. The standard InChI is InChI=1S/C18H24N2O2/c1-17(2)11-18(3,4)16(17)19-15(22)12-5-7-13(8-6-12)20-9-14(21)10-20/h5-8,16H,9-11H2,1-4H3,(H,19,22). The number of benzene rings is 1. The van der Waals surface area contributed by atoms with E-state index in [9.17, 15) is 9.59 Å². The largest absolute Gasteiger partial charge is 0.357 e. The third-order valence-corrected chi connectivity index (χ3v) is 4.98. The number of Topliss-reactive ketones (excluding diaryl/α,β-unsaturated/α-hetero) is 1. The highest BCUT2D eigenvalue weighted by Gasteiger charge is 2.53. The highest BCUT2D eigenvalue weighted by molar-refractivity contribution is 5.97. The number of anilines is 1. The number of nitrogens with zero attached hydrogens (tertiary/aromatic N) is 1. The van der Waals surface area contributed by atoms with Crippen molar-refractivity contribution in [3.63, 3.8) is 0 Å². The molecule has 1 heterocycles. The summed E-state index contributed by atoms with van der Waals surface area (Å²) in [5, 5.41) is 3.19. The van der Waals surface area contributed by atoms with E-state index < -0.39 is 0 Å². The van der Waals surface area contributed by atoms with Gasteiger partial charge in [-0.2, -0.15) is 0 Å². The number of nitrogens with one attached hydrogen (secondary N) is 1. The van der Waals surface area contributed by atoms with Gasteiger partial charge in [-0.25, -0.2) is 0 Å². The summed E-state index contributed by atoms with van der Waals surface area (Å²) in [5.41, 5.74) is 1.98. The van der Waals surface area contributed by atoms with E-state index in [2.05, 4.69) is 33.0 Å². The third-order valence-electron chi connectivity index (χ3n) is 4.98. The maximum atomic E-state index is 12.5. The predicted octanol–water partition coefficient (Wildman–Crippen LogP) is 2.63. The van der Waals surface area contributed by atoms with E-state index in [1.54, 1.807) is 0 Å². The molecule has 1 aromatic carbocycles. The second-order valence-corrected chi connectivity index (χ2v) is 8.00. The van der Waals surface area contributed by atoms with Crippen molar-refractivity contribution < 1.29 is 9.59 Å². The summed E-state index contributed by atoms with van der Waals surface area (Å²) in [5.74, 6) is 0.244. The van der Waals surface area contributed by atoms with Gasteiger partial charge in [0, 0.05) is 17.3 Å². The minimum Gasteiger partial charge on any atom is -0.357 e. The highest BCUT2D eigenvalue weighted by Crippen LogP contribution is 2.53. The Kier molecular flexibility index (Phi) is 3.31. The van der Waals surface area contributed by atoms with Gasteiger partial charge in [0.2, 0.25) is 0 Å². The molecule has 1 saturated carbocycles. The topological polar surface area (TPSA) is 49.4 Å². The van der Waals surface area contributed by atoms with Crippen LogP contribution in [0.4, 0.5) is 5.69 Å². The zero-order valence-corrected chi connectivity index (χ0v) is 13.8. The molecule has 1 aliphatic heterocycles. The number of amides is 1. The average molecular weight is 300 g/mol. The molecule has 1 aromatic rings. The molecule has 4 nitrogen and oxygen atoms in total. The first kappa shape index (κ1) is 15.1. The lowest BCUT2D eigenvalue weighted by Gasteiger charge is -2.57. The van der Waals surface area contributed by atoms with Crippen LogP contribution in [0.3, 0.4) is 0 Å². The molecule has 1 N–H and O–H groups in total. The van der Waals surface area contributed by atoms with Gasteiger partial charge < -0.3 is 10.2 Å². The fourth-order valence-corrected chi connectivity index (χ4v) is 4.30. The number of carbonyl (C=O) groups excluding carboxylic acids is 2. The van der Waals surface area contributed by atoms with Crippen LogP contribution in [0.25, 0.3) is 0 Å². The Morgan fingerprint density at radius 2 is 1.64 bits per heavy atom. The van der Waals surface area contributed by atoms with E-state index in [0.717, 1.165) is 12.1 Å². The molecule has 4 heteroatoms. The molecule has 2 aliphatic rings. The van der Waals surface area contributed by atoms with Crippen molar-refractivity contribution in [1.29, 1.82) is 0 Å². The number of ketones is 1. The van der Waals surface area contributed by atoms with Crippen molar-refractivity contribution in [2.24, 2.45) is 10.8 Å². The molecule has 0 unspecified atom stereocenters. The number of hydrogen-bond donors (Lipinski definition) is 1. The summed E-state index contributed by atoms with van der Waals surface area (Å²) < 4.78 is 0. The second kappa shape index (κ2) is 4.83. The lowest BCUT2D eigenvalue weighted by atomic mass is 9.52. The smallest absolute Gasteiger partial charge is 0.251 e. The summed E-state index contributed by atoms with van der Waals surface area (Å²) >= 11 is 0. The first-order valence-electron chi connectivity index (χ1n) is 7.87. The summed E-state index contributed by atoms with van der Waals surface area (Å²) in [4.78, 5) is 25.5. The molecule has 0 bridgehead atoms. The quantitative estimate of drug-likeness (QED) is 0.933. The van der Waals surface area contributed by atoms with E-state index in [-0.39, 0.29) is 28.6 Å². The summed E-state index contributed by atoms with van der Waals surface area (Å²) in [6.07, 6.45) is 1.12. The van der Waals surface area contributed by atoms with Crippen LogP contribution in [0.15, 0.2) is 24.3 Å². The normalized spacial score (nSPS) is 22.7. The van der Waals surface area contributed by atoms with Crippen LogP contribution < -0.4 is 10.2 Å². The van der Waals surface area contributed by atoms with Crippen molar-refractivity contribution in [3.05, 3.63) is 29.8 Å². The van der Waals surface area contributed by atoms with Crippen molar-refractivity contribution in [3.8, 4) is 0 Å². The summed E-state index contributed by atoms with van der Waals surface area (Å²) in [6, 6.07) is 7.70. The average Bonchev–Trinajstić information content (AvgIpc) is 2.40. The molecule has 1 amide bonds. The summed E-state index contributed by atoms with van der Waals surface area (Å²) in [7, 11) is 0. The van der Waals surface area contributed by atoms with E-state index in [1.807, 2.05) is 29.2 Å². The zero-order chi connectivity index (χ0) is 16.1. The highest BCUT2D eigenvalue weighted by atomic mass is 16.2. The lowest BCUT2D eigenvalue weighted by Crippen LogP contribution is -2.63. The molecule has 0 atom stereocenters. The first-order valence-corrected chi connectivity index (χ1v) is 7.87. The van der Waals surface area contributed by atoms with Crippen LogP contribution in [0.2, 0.25) is 0 Å². The molecule has 22 heavy (non-hydrogen) atoms. The van der Waals surface area contributed by atoms with Crippen LogP contribution in [0.5, 0.6) is 0 Å². The number of carbonyl (C=O) groups is 2. The molecule has 3 rings (SSSR count). The molecule has 0 radical (unpaired) electrons. The van der Waals surface area contributed by atoms with Crippen molar-refractivity contribution >= 4 is 17.4 Å². The van der Waals surface area contributed by atoms with Crippen LogP contribution in [-0.2, 0) is 4.79 Å². The van der Waals surface area contributed by atoms with Gasteiger partial charge in [0.05, 0.1) is 13.1 Å². The molecule has 0 spiro atoms. The van der Waals surface area contributed by atoms with E-state index in [0.29, 0.717) is 18.7 Å². The maximum Gasteiger partial charge on any atom is 0.251 e. The van der Waals surface area contributed by atoms with Gasteiger partial charge in [-0.15, -0.1) is 0 Å². The van der Waals surface area contributed by atoms with Gasteiger partial charge in [-0.3, -0.25) is 9.59 Å². The van der Waals surface area contributed by atoms with Crippen LogP contribution in [-0.4, -0.2) is 30.8 Å². The molecule has 118 valence electrons. The van der Waals surface area contributed by atoms with Gasteiger partial charge in [0.1, 0.15) is 0 Å².